The second-order valence-electron chi connectivity index (χ2n) is 7.33. The van der Waals surface area contributed by atoms with E-state index in [9.17, 15) is 5.26 Å². The van der Waals surface area contributed by atoms with E-state index in [2.05, 4.69) is 26.0 Å². The predicted octanol–water partition coefficient (Wildman–Crippen LogP) is 2.62. The third-order valence-corrected chi connectivity index (χ3v) is 5.26. The number of nitriles is 1. The average Bonchev–Trinajstić information content (AvgIpc) is 3.25. The molecule has 0 aliphatic carbocycles. The van der Waals surface area contributed by atoms with Crippen LogP contribution in [0.15, 0.2) is 41.9 Å². The Kier molecular flexibility index (Phi) is 4.98. The molecule has 0 unspecified atom stereocenters. The van der Waals surface area contributed by atoms with Crippen molar-refractivity contribution in [1.82, 2.24) is 19.9 Å². The van der Waals surface area contributed by atoms with Crippen molar-refractivity contribution in [3.8, 4) is 23.1 Å². The molecular formula is C22H19N7O2. The van der Waals surface area contributed by atoms with Gasteiger partial charge in [-0.3, -0.25) is 4.98 Å². The van der Waals surface area contributed by atoms with Crippen molar-refractivity contribution in [2.45, 2.75) is 25.4 Å². The van der Waals surface area contributed by atoms with Gasteiger partial charge in [-0.15, -0.1) is 0 Å². The molecule has 2 aliphatic heterocycles. The number of aromatic nitrogens is 4. The van der Waals surface area contributed by atoms with Gasteiger partial charge in [0.1, 0.15) is 41.4 Å². The number of rotatable bonds is 4. The summed E-state index contributed by atoms with van der Waals surface area (Å²) in [5, 5.41) is 9.69. The molecule has 3 aromatic rings. The number of benzene rings is 1. The molecule has 1 saturated heterocycles. The molecule has 2 N–H and O–H groups in total. The number of ether oxygens (including phenoxy) is 2. The maximum atomic E-state index is 9.69. The topological polar surface area (TPSA) is 132 Å². The SMILES string of the molecule is N#Cc1cc(-c2ncnc3c2N=C(c2cncc(N)n2)C3)ccc1OC1CCOCC1. The molecule has 0 saturated carbocycles. The summed E-state index contributed by atoms with van der Waals surface area (Å²) in [5.41, 5.74) is 10.5. The molecule has 31 heavy (non-hydrogen) atoms. The highest BCUT2D eigenvalue weighted by molar-refractivity contribution is 6.06. The van der Waals surface area contributed by atoms with Gasteiger partial charge in [-0.05, 0) is 18.2 Å². The van der Waals surface area contributed by atoms with E-state index in [0.29, 0.717) is 53.8 Å². The van der Waals surface area contributed by atoms with Gasteiger partial charge in [0.15, 0.2) is 0 Å². The molecule has 9 nitrogen and oxygen atoms in total. The van der Waals surface area contributed by atoms with Crippen molar-refractivity contribution in [3.05, 3.63) is 53.9 Å². The van der Waals surface area contributed by atoms with E-state index >= 15 is 0 Å². The van der Waals surface area contributed by atoms with E-state index in [-0.39, 0.29) is 6.10 Å². The Labute approximate surface area is 178 Å². The Morgan fingerprint density at radius 1 is 1.16 bits per heavy atom. The summed E-state index contributed by atoms with van der Waals surface area (Å²) in [6.07, 6.45) is 6.83. The fraction of sp³-hybridized carbons (Fsp3) is 0.273. The molecule has 0 amide bonds. The van der Waals surface area contributed by atoms with E-state index in [1.807, 2.05) is 12.1 Å². The Bertz CT molecular complexity index is 1210. The van der Waals surface area contributed by atoms with E-state index in [1.54, 1.807) is 12.3 Å². The van der Waals surface area contributed by atoms with Crippen LogP contribution in [0.4, 0.5) is 11.5 Å². The number of nitrogen functional groups attached to an aromatic ring is 1. The molecule has 1 fully saturated rings. The van der Waals surface area contributed by atoms with Crippen LogP contribution in [0.2, 0.25) is 0 Å². The van der Waals surface area contributed by atoms with Crippen LogP contribution in [0, 0.1) is 11.3 Å². The van der Waals surface area contributed by atoms with Crippen molar-refractivity contribution in [2.24, 2.45) is 4.99 Å². The molecule has 2 aliphatic rings. The fourth-order valence-corrected chi connectivity index (χ4v) is 3.72. The van der Waals surface area contributed by atoms with Gasteiger partial charge in [0, 0.05) is 24.8 Å². The third-order valence-electron chi connectivity index (χ3n) is 5.26. The molecule has 0 spiro atoms. The van der Waals surface area contributed by atoms with Gasteiger partial charge in [0.25, 0.3) is 0 Å². The Morgan fingerprint density at radius 3 is 2.84 bits per heavy atom. The van der Waals surface area contributed by atoms with Gasteiger partial charge in [0.2, 0.25) is 0 Å². The van der Waals surface area contributed by atoms with Crippen LogP contribution in [-0.4, -0.2) is 45.0 Å². The monoisotopic (exact) mass is 413 g/mol. The molecule has 0 radical (unpaired) electrons. The lowest BCUT2D eigenvalue weighted by Gasteiger charge is -2.23. The van der Waals surface area contributed by atoms with Gasteiger partial charge in [0.05, 0.1) is 48.3 Å². The molecule has 4 heterocycles. The number of hydrogen-bond donors (Lipinski definition) is 1. The van der Waals surface area contributed by atoms with Gasteiger partial charge in [-0.25, -0.2) is 19.9 Å². The van der Waals surface area contributed by atoms with Gasteiger partial charge in [-0.1, -0.05) is 0 Å². The Balaban J connectivity index is 1.48. The summed E-state index contributed by atoms with van der Waals surface area (Å²) in [7, 11) is 0. The minimum Gasteiger partial charge on any atom is -0.489 e. The van der Waals surface area contributed by atoms with Gasteiger partial charge < -0.3 is 15.2 Å². The van der Waals surface area contributed by atoms with E-state index in [4.69, 9.17) is 20.2 Å². The molecule has 5 rings (SSSR count). The Hall–Kier alpha value is -3.90. The van der Waals surface area contributed by atoms with Crippen molar-refractivity contribution >= 4 is 17.2 Å². The summed E-state index contributed by atoms with van der Waals surface area (Å²) in [6.45, 7) is 1.35. The number of nitrogens with two attached hydrogens (primary N) is 1. The summed E-state index contributed by atoms with van der Waals surface area (Å²) < 4.78 is 11.4. The second kappa shape index (κ2) is 8.08. The Morgan fingerprint density at radius 2 is 2.03 bits per heavy atom. The first-order valence-corrected chi connectivity index (χ1v) is 9.99. The zero-order valence-corrected chi connectivity index (χ0v) is 16.7. The highest BCUT2D eigenvalue weighted by Crippen LogP contribution is 2.37. The van der Waals surface area contributed by atoms with Gasteiger partial charge in [-0.2, -0.15) is 5.26 Å². The molecule has 154 valence electrons. The summed E-state index contributed by atoms with van der Waals surface area (Å²) in [4.78, 5) is 21.9. The van der Waals surface area contributed by atoms with Crippen LogP contribution in [0.25, 0.3) is 11.3 Å². The lowest BCUT2D eigenvalue weighted by molar-refractivity contribution is 0.0254. The quantitative estimate of drug-likeness (QED) is 0.690. The first-order chi connectivity index (χ1) is 15.2. The highest BCUT2D eigenvalue weighted by atomic mass is 16.5. The van der Waals surface area contributed by atoms with Crippen LogP contribution in [0.3, 0.4) is 0 Å². The first-order valence-electron chi connectivity index (χ1n) is 9.99. The first kappa shape index (κ1) is 19.1. The standard InChI is InChI=1S/C22H19N7O2/c23-9-14-7-13(1-2-19(14)31-15-3-5-30-6-4-15)21-22-17(26-12-27-21)8-16(29-22)18-10-25-11-20(24)28-18/h1-2,7,10-12,15H,3-6,8H2,(H2,24,28). The number of fused-ring (bicyclic) bond motifs is 1. The van der Waals surface area contributed by atoms with Crippen molar-refractivity contribution in [2.75, 3.05) is 18.9 Å². The number of hydrogen-bond acceptors (Lipinski definition) is 9. The lowest BCUT2D eigenvalue weighted by atomic mass is 10.0. The lowest BCUT2D eigenvalue weighted by Crippen LogP contribution is -2.26. The van der Waals surface area contributed by atoms with Crippen LogP contribution in [0.1, 0.15) is 29.8 Å². The van der Waals surface area contributed by atoms with Crippen LogP contribution >= 0.6 is 0 Å². The van der Waals surface area contributed by atoms with Crippen LogP contribution < -0.4 is 10.5 Å². The molecule has 9 heteroatoms. The largest absolute Gasteiger partial charge is 0.489 e. The highest BCUT2D eigenvalue weighted by Gasteiger charge is 2.24. The summed E-state index contributed by atoms with van der Waals surface area (Å²) in [6, 6.07) is 7.73. The zero-order chi connectivity index (χ0) is 21.2. The smallest absolute Gasteiger partial charge is 0.142 e. The molecule has 0 bridgehead atoms. The van der Waals surface area contributed by atoms with Crippen molar-refractivity contribution < 1.29 is 9.47 Å². The second-order valence-corrected chi connectivity index (χ2v) is 7.33. The fourth-order valence-electron chi connectivity index (χ4n) is 3.72. The average molecular weight is 413 g/mol. The maximum absolute atomic E-state index is 9.69. The number of aliphatic imine (C=N–C) groups is 1. The van der Waals surface area contributed by atoms with E-state index < -0.39 is 0 Å². The predicted molar refractivity (Wildman–Crippen MR) is 113 cm³/mol. The number of nitrogens with zero attached hydrogens (tertiary/aromatic N) is 6. The van der Waals surface area contributed by atoms with E-state index in [0.717, 1.165) is 29.8 Å². The third kappa shape index (κ3) is 3.81. The molecule has 1 aromatic carbocycles. The normalized spacial score (nSPS) is 15.8. The van der Waals surface area contributed by atoms with Crippen molar-refractivity contribution in [1.29, 1.82) is 5.26 Å². The minimum atomic E-state index is 0.0570. The van der Waals surface area contributed by atoms with Crippen molar-refractivity contribution in [3.63, 3.8) is 0 Å². The van der Waals surface area contributed by atoms with Gasteiger partial charge >= 0.3 is 0 Å². The maximum Gasteiger partial charge on any atom is 0.142 e. The summed E-state index contributed by atoms with van der Waals surface area (Å²) >= 11 is 0. The zero-order valence-electron chi connectivity index (χ0n) is 16.7. The van der Waals surface area contributed by atoms with E-state index in [1.165, 1.54) is 12.5 Å². The summed E-state index contributed by atoms with van der Waals surface area (Å²) in [5.74, 6) is 0.907. The van der Waals surface area contributed by atoms with Crippen LogP contribution in [-0.2, 0) is 11.2 Å². The molecular weight excluding hydrogens is 394 g/mol. The number of anilines is 1. The molecule has 0 atom stereocenters. The minimum absolute atomic E-state index is 0.0570. The molecule has 2 aromatic heterocycles. The van der Waals surface area contributed by atoms with Crippen LogP contribution in [0.5, 0.6) is 5.75 Å².